The molecule has 0 unspecified atom stereocenters. The number of carbonyl (C=O) groups is 1. The summed E-state index contributed by atoms with van der Waals surface area (Å²) in [4.78, 5) is 18.6. The van der Waals surface area contributed by atoms with Gasteiger partial charge in [-0.25, -0.2) is 4.99 Å². The van der Waals surface area contributed by atoms with Crippen molar-refractivity contribution in [1.82, 2.24) is 4.90 Å². The monoisotopic (exact) mass is 340 g/mol. The van der Waals surface area contributed by atoms with Crippen molar-refractivity contribution in [3.05, 3.63) is 41.0 Å². The first-order valence-electron chi connectivity index (χ1n) is 9.51. The van der Waals surface area contributed by atoms with Gasteiger partial charge in [-0.2, -0.15) is 0 Å². The molecule has 4 heteroatoms. The van der Waals surface area contributed by atoms with Crippen LogP contribution in [0.15, 0.2) is 34.8 Å². The van der Waals surface area contributed by atoms with Crippen LogP contribution in [-0.2, 0) is 9.53 Å². The van der Waals surface area contributed by atoms with Crippen LogP contribution in [0.2, 0.25) is 0 Å². The normalized spacial score (nSPS) is 17.2. The minimum absolute atomic E-state index is 0.328. The predicted octanol–water partition coefficient (Wildman–Crippen LogP) is 4.05. The van der Waals surface area contributed by atoms with Crippen LogP contribution in [0.3, 0.4) is 0 Å². The molecule has 1 fully saturated rings. The Balaban J connectivity index is 1.51. The van der Waals surface area contributed by atoms with E-state index >= 15 is 0 Å². The number of aliphatic imine (C=N–C) groups is 1. The lowest BCUT2D eigenvalue weighted by atomic mass is 10.00. The molecule has 4 nitrogen and oxygen atoms in total. The van der Waals surface area contributed by atoms with E-state index in [0.717, 1.165) is 56.8 Å². The van der Waals surface area contributed by atoms with Crippen LogP contribution >= 0.6 is 0 Å². The third-order valence-corrected chi connectivity index (χ3v) is 4.87. The standard InChI is InChI=1S/C21H28N2O2/c1-2-3-4-5-20(24)23-13-10-18(11-14-23)16-17-6-8-19(9-7-17)21-22-12-15-25-21/h6-9,16H,2-5,10-15H2,1H3. The zero-order valence-corrected chi connectivity index (χ0v) is 15.2. The van der Waals surface area contributed by atoms with E-state index in [4.69, 9.17) is 4.74 Å². The van der Waals surface area contributed by atoms with Crippen LogP contribution in [0.25, 0.3) is 6.08 Å². The van der Waals surface area contributed by atoms with Gasteiger partial charge >= 0.3 is 0 Å². The number of rotatable bonds is 6. The lowest BCUT2D eigenvalue weighted by Gasteiger charge is -2.28. The molecule has 25 heavy (non-hydrogen) atoms. The van der Waals surface area contributed by atoms with Crippen molar-refractivity contribution in [2.45, 2.75) is 45.4 Å². The summed E-state index contributed by atoms with van der Waals surface area (Å²) in [6.07, 6.45) is 8.28. The second-order valence-electron chi connectivity index (χ2n) is 6.80. The van der Waals surface area contributed by atoms with Crippen LogP contribution in [0, 0.1) is 0 Å². The SMILES string of the molecule is CCCCCC(=O)N1CCC(=Cc2ccc(C3=NCCO3)cc2)CC1. The number of benzene rings is 1. The Kier molecular flexibility index (Phi) is 6.26. The van der Waals surface area contributed by atoms with E-state index < -0.39 is 0 Å². The Morgan fingerprint density at radius 3 is 2.60 bits per heavy atom. The molecule has 1 saturated heterocycles. The van der Waals surface area contributed by atoms with Gasteiger partial charge in [-0.1, -0.05) is 43.5 Å². The molecule has 0 radical (unpaired) electrons. The minimum atomic E-state index is 0.328. The molecule has 0 aromatic heterocycles. The fraction of sp³-hybridized carbons (Fsp3) is 0.524. The summed E-state index contributed by atoms with van der Waals surface area (Å²) < 4.78 is 5.50. The molecule has 2 heterocycles. The van der Waals surface area contributed by atoms with Crippen molar-refractivity contribution in [1.29, 1.82) is 0 Å². The molecule has 1 aromatic rings. The van der Waals surface area contributed by atoms with E-state index in [2.05, 4.69) is 42.3 Å². The second-order valence-corrected chi connectivity index (χ2v) is 6.80. The Morgan fingerprint density at radius 1 is 1.20 bits per heavy atom. The summed E-state index contributed by atoms with van der Waals surface area (Å²) in [5.74, 6) is 1.09. The van der Waals surface area contributed by atoms with E-state index in [1.807, 2.05) is 4.90 Å². The molecule has 0 bridgehead atoms. The number of nitrogens with zero attached hydrogens (tertiary/aromatic N) is 2. The number of carbonyl (C=O) groups excluding carboxylic acids is 1. The highest BCUT2D eigenvalue weighted by atomic mass is 16.5. The van der Waals surface area contributed by atoms with E-state index in [9.17, 15) is 4.79 Å². The highest BCUT2D eigenvalue weighted by Gasteiger charge is 2.18. The molecule has 2 aliphatic rings. The first-order chi connectivity index (χ1) is 12.3. The average Bonchev–Trinajstić information content (AvgIpc) is 3.18. The lowest BCUT2D eigenvalue weighted by molar-refractivity contribution is -0.131. The average molecular weight is 340 g/mol. The highest BCUT2D eigenvalue weighted by molar-refractivity contribution is 5.95. The molecule has 1 amide bonds. The van der Waals surface area contributed by atoms with Crippen LogP contribution < -0.4 is 0 Å². The van der Waals surface area contributed by atoms with E-state index in [-0.39, 0.29) is 0 Å². The number of hydrogen-bond acceptors (Lipinski definition) is 3. The predicted molar refractivity (Wildman–Crippen MR) is 102 cm³/mol. The maximum atomic E-state index is 12.2. The largest absolute Gasteiger partial charge is 0.476 e. The summed E-state index contributed by atoms with van der Waals surface area (Å²) in [6.45, 7) is 5.34. The number of ether oxygens (including phenoxy) is 1. The Hall–Kier alpha value is -2.10. The van der Waals surface area contributed by atoms with E-state index in [0.29, 0.717) is 18.9 Å². The third-order valence-electron chi connectivity index (χ3n) is 4.87. The second kappa shape index (κ2) is 8.84. The molecule has 0 aliphatic carbocycles. The molecule has 0 N–H and O–H groups in total. The van der Waals surface area contributed by atoms with Crippen molar-refractivity contribution < 1.29 is 9.53 Å². The maximum Gasteiger partial charge on any atom is 0.222 e. The molecule has 3 rings (SSSR count). The van der Waals surface area contributed by atoms with Gasteiger partial charge in [0.25, 0.3) is 0 Å². The lowest BCUT2D eigenvalue weighted by Crippen LogP contribution is -2.36. The fourth-order valence-electron chi connectivity index (χ4n) is 3.34. The van der Waals surface area contributed by atoms with Gasteiger partial charge in [0.05, 0.1) is 6.54 Å². The van der Waals surface area contributed by atoms with Gasteiger partial charge in [-0.05, 0) is 37.0 Å². The van der Waals surface area contributed by atoms with Gasteiger partial charge in [0.15, 0.2) is 0 Å². The molecule has 134 valence electrons. The summed E-state index contributed by atoms with van der Waals surface area (Å²) >= 11 is 0. The fourth-order valence-corrected chi connectivity index (χ4v) is 3.34. The first kappa shape index (κ1) is 17.7. The molecule has 0 saturated carbocycles. The molecule has 0 atom stereocenters. The summed E-state index contributed by atoms with van der Waals surface area (Å²) in [5.41, 5.74) is 3.69. The van der Waals surface area contributed by atoms with Crippen LogP contribution in [0.4, 0.5) is 0 Å². The Bertz CT molecular complexity index is 636. The van der Waals surface area contributed by atoms with Crippen molar-refractivity contribution in [3.8, 4) is 0 Å². The number of piperidine rings is 1. The van der Waals surface area contributed by atoms with E-state index in [1.54, 1.807) is 0 Å². The van der Waals surface area contributed by atoms with Gasteiger partial charge in [-0.3, -0.25) is 4.79 Å². The smallest absolute Gasteiger partial charge is 0.222 e. The molecule has 0 spiro atoms. The number of amides is 1. The van der Waals surface area contributed by atoms with E-state index in [1.165, 1.54) is 17.6 Å². The molecule has 1 aromatic carbocycles. The minimum Gasteiger partial charge on any atom is -0.476 e. The number of hydrogen-bond donors (Lipinski definition) is 0. The van der Waals surface area contributed by atoms with Crippen molar-refractivity contribution >= 4 is 17.9 Å². The van der Waals surface area contributed by atoms with Crippen LogP contribution in [-0.4, -0.2) is 42.9 Å². The quantitative estimate of drug-likeness (QED) is 0.733. The first-order valence-corrected chi connectivity index (χ1v) is 9.51. The summed E-state index contributed by atoms with van der Waals surface area (Å²) in [5, 5.41) is 0. The van der Waals surface area contributed by atoms with Crippen LogP contribution in [0.5, 0.6) is 0 Å². The van der Waals surface area contributed by atoms with Crippen molar-refractivity contribution in [3.63, 3.8) is 0 Å². The third kappa shape index (κ3) is 4.94. The van der Waals surface area contributed by atoms with Gasteiger partial charge in [0.2, 0.25) is 11.8 Å². The summed E-state index contributed by atoms with van der Waals surface area (Å²) in [7, 11) is 0. The Labute approximate surface area is 150 Å². The van der Waals surface area contributed by atoms with Gasteiger partial charge in [0.1, 0.15) is 6.61 Å². The topological polar surface area (TPSA) is 41.9 Å². The highest BCUT2D eigenvalue weighted by Crippen LogP contribution is 2.21. The molecular formula is C21H28N2O2. The summed E-state index contributed by atoms with van der Waals surface area (Å²) in [6, 6.07) is 8.38. The molecular weight excluding hydrogens is 312 g/mol. The zero-order chi connectivity index (χ0) is 17.5. The zero-order valence-electron chi connectivity index (χ0n) is 15.2. The number of likely N-dealkylation sites (tertiary alicyclic amines) is 1. The van der Waals surface area contributed by atoms with Crippen molar-refractivity contribution in [2.75, 3.05) is 26.2 Å². The Morgan fingerprint density at radius 2 is 1.96 bits per heavy atom. The molecule has 2 aliphatic heterocycles. The van der Waals surface area contributed by atoms with Crippen LogP contribution in [0.1, 0.15) is 56.6 Å². The van der Waals surface area contributed by atoms with Crippen molar-refractivity contribution in [2.24, 2.45) is 4.99 Å². The number of unbranched alkanes of at least 4 members (excludes halogenated alkanes) is 2. The van der Waals surface area contributed by atoms with Gasteiger partial charge in [0, 0.05) is 25.1 Å². The van der Waals surface area contributed by atoms with Gasteiger partial charge < -0.3 is 9.64 Å². The maximum absolute atomic E-state index is 12.2. The van der Waals surface area contributed by atoms with Gasteiger partial charge in [-0.15, -0.1) is 0 Å².